The number of ether oxygens (including phenoxy) is 9. The van der Waals surface area contributed by atoms with Crippen molar-refractivity contribution in [2.45, 2.75) is 245 Å². The minimum absolute atomic E-state index is 0.0113. The van der Waals surface area contributed by atoms with Crippen molar-refractivity contribution in [3.8, 4) is 0 Å². The molecule has 0 radical (unpaired) electrons. The highest BCUT2D eigenvalue weighted by molar-refractivity contribution is 6.01. The third kappa shape index (κ3) is 24.4. The Labute approximate surface area is 666 Å². The SMILES string of the molecule is CC[C@H]1O[C@H](OC2[C@@H](C)C[C@@H](CC(=O)N(C)CCNC(=O)OCc3ccccc3)[C@H](O[C@H]3OC[C@](C)(O)[C@H](NC)[C@H]3O)[C@H]2O)[C@H](O)[C@@H](O)[C@@H]1O.CC[C@H]1O[C@H](OC2[C@@H](C)C[C@@H](N)[C@H](O[C@H]3OC[C@](C)(O)[C@H](NC)[C@H]3O)[C@H]2O)[C@H](O)[C@@H](O)[C@@H]1O.O=C(CNCCN(OC(=O)c1ccccc1)C(=O)ON1C(=O)CCC1=O)c1ccccc1. The molecule has 5 heterocycles. The Kier molecular flexibility index (Phi) is 35.0. The van der Waals surface area contributed by atoms with Crippen LogP contribution in [-0.4, -0.2) is 337 Å². The predicted molar refractivity (Wildman–Crippen MR) is 400 cm³/mol. The second-order valence-electron chi connectivity index (χ2n) is 30.4. The molecule has 5 saturated heterocycles. The van der Waals surface area contributed by atoms with Crippen LogP contribution in [0.2, 0.25) is 0 Å². The number of rotatable bonds is 27. The van der Waals surface area contributed by atoms with Crippen molar-refractivity contribution in [1.82, 2.24) is 36.3 Å². The number of Topliss-reactive ketones (excluding diaryl/α,β-unsaturated/α-hetero) is 1. The molecule has 2 unspecified atom stereocenters. The number of amides is 5. The third-order valence-electron chi connectivity index (χ3n) is 21.5. The van der Waals surface area contributed by atoms with E-state index in [1.54, 1.807) is 90.4 Å². The molecule has 38 heteroatoms. The number of hydrogen-bond donors (Lipinski definition) is 17. The lowest BCUT2D eigenvalue weighted by Gasteiger charge is -2.49. The van der Waals surface area contributed by atoms with Gasteiger partial charge in [0.25, 0.3) is 11.8 Å². The van der Waals surface area contributed by atoms with Crippen LogP contribution in [0.1, 0.15) is 113 Å². The van der Waals surface area contributed by atoms with Crippen LogP contribution >= 0.6 is 0 Å². The Morgan fingerprint density at radius 2 is 1.03 bits per heavy atom. The summed E-state index contributed by atoms with van der Waals surface area (Å²) in [7, 11) is 4.76. The molecule has 0 aromatic heterocycles. The number of aliphatic hydroxyl groups is 12. The van der Waals surface area contributed by atoms with E-state index in [0.717, 1.165) is 5.56 Å². The quantitative estimate of drug-likeness (QED) is 0.0160. The van der Waals surface area contributed by atoms with Gasteiger partial charge in [0.05, 0.1) is 74.5 Å². The molecule has 38 nitrogen and oxygen atoms in total. The average Bonchev–Trinajstić information content (AvgIpc) is 1.69. The molecular weight excluding hydrogens is 1520 g/mol. The Bertz CT molecular complexity index is 3550. The van der Waals surface area contributed by atoms with Crippen LogP contribution in [0.4, 0.5) is 9.59 Å². The number of hydrogen-bond acceptors (Lipinski definition) is 34. The van der Waals surface area contributed by atoms with Crippen molar-refractivity contribution < 1.29 is 147 Å². The molecule has 644 valence electrons. The van der Waals surface area contributed by atoms with Crippen molar-refractivity contribution in [1.29, 1.82) is 0 Å². The summed E-state index contributed by atoms with van der Waals surface area (Å²) in [5.74, 6) is -3.87. The minimum Gasteiger partial charge on any atom is -0.445 e. The number of carbonyl (C=O) groups excluding carboxylic acids is 7. The molecule has 3 aromatic rings. The maximum atomic E-state index is 13.5. The smallest absolute Gasteiger partial charge is 0.445 e. The first-order valence-corrected chi connectivity index (χ1v) is 38.7. The number of likely N-dealkylation sites (N-methyl/N-ethyl adjacent to an activating group) is 3. The summed E-state index contributed by atoms with van der Waals surface area (Å²) >= 11 is 0. The highest BCUT2D eigenvalue weighted by atomic mass is 16.8. The summed E-state index contributed by atoms with van der Waals surface area (Å²) in [5.41, 5.74) is 5.06. The molecule has 0 bridgehead atoms. The number of imide groups is 1. The lowest BCUT2D eigenvalue weighted by molar-refractivity contribution is -0.337. The molecule has 3 aromatic carbocycles. The Hall–Kier alpha value is -7.01. The van der Waals surface area contributed by atoms with E-state index in [0.29, 0.717) is 41.4 Å². The van der Waals surface area contributed by atoms with E-state index >= 15 is 0 Å². The summed E-state index contributed by atoms with van der Waals surface area (Å²) in [6, 6.07) is 23.6. The summed E-state index contributed by atoms with van der Waals surface area (Å²) in [4.78, 5) is 97.4. The van der Waals surface area contributed by atoms with E-state index in [1.807, 2.05) is 37.3 Å². The molecule has 2 aliphatic carbocycles. The Morgan fingerprint density at radius 1 is 0.574 bits per heavy atom. The number of nitrogens with zero attached hydrogens (tertiary/aromatic N) is 3. The Balaban J connectivity index is 0.000000224. The first-order valence-electron chi connectivity index (χ1n) is 38.7. The van der Waals surface area contributed by atoms with Gasteiger partial charge in [-0.05, 0) is 89.1 Å². The first kappa shape index (κ1) is 93.5. The monoisotopic (exact) mass is 1630 g/mol. The zero-order valence-corrected chi connectivity index (χ0v) is 65.9. The van der Waals surface area contributed by atoms with Gasteiger partial charge >= 0.3 is 18.2 Å². The molecule has 0 spiro atoms. The predicted octanol–water partition coefficient (Wildman–Crippen LogP) is -2.69. The number of benzene rings is 3. The summed E-state index contributed by atoms with van der Waals surface area (Å²) in [5, 5.41) is 140. The maximum Gasteiger partial charge on any atom is 0.468 e. The van der Waals surface area contributed by atoms with Gasteiger partial charge in [-0.1, -0.05) is 107 Å². The minimum atomic E-state index is -1.61. The van der Waals surface area contributed by atoms with Gasteiger partial charge in [0.15, 0.2) is 30.9 Å². The van der Waals surface area contributed by atoms with E-state index in [2.05, 4.69) is 21.3 Å². The number of nitrogens with two attached hydrogens (primary N) is 1. The van der Waals surface area contributed by atoms with Crippen LogP contribution in [0.15, 0.2) is 91.0 Å². The molecule has 10 rings (SSSR count). The van der Waals surface area contributed by atoms with Gasteiger partial charge in [0.1, 0.15) is 85.0 Å². The molecule has 5 amide bonds. The largest absolute Gasteiger partial charge is 0.468 e. The molecule has 18 N–H and O–H groups in total. The van der Waals surface area contributed by atoms with E-state index in [-0.39, 0.29) is 95.0 Å². The first-order chi connectivity index (χ1) is 54.6. The standard InChI is InChI=1S/C34H55N3O13.C22H21N3O7.C21H40N2O10/c1-6-21-23(39)24(40)25(41)32(48-21)49-28-18(2)14-20(29(26(28)42)50-31-27(43)30(35-4)34(3,45)17-47-31)15-22(38)37(5)13-12-36-33(44)46-16-19-10-8-7-9-11-19;26-18(16-7-3-1-4-8-16)15-23-13-14-24(31-21(29)17-9-5-2-6-10-17)22(30)32-25-19(27)11-12-20(25)28;1-5-10-11(24)12(25)13(26)20(31-10)32-16-8(2)6-9(22)17(14(16)27)33-19-15(28)18(23-4)21(3,29)7-30-19/h7-11,18,20-21,23-32,35,39-43,45H,6,12-17H2,1-5H3,(H,36,44);1-10,23H,11-15H2;8-20,23-29H,5-7,22H2,1-4H3/t18-,20-,21+,23+,24-,25+,26-,27+,28?,29-,30+,31+,32+,34-;;8-,9+,10+,11+,12-,13+,14-,15+,16?,17-,18+,19+,20+,21-/m0.0/s1. The normalized spacial score (nSPS) is 36.0. The van der Waals surface area contributed by atoms with Gasteiger partial charge in [0.2, 0.25) is 5.91 Å². The molecular formula is C77H116N8O30. The van der Waals surface area contributed by atoms with Crippen molar-refractivity contribution in [2.75, 3.05) is 67.1 Å². The van der Waals surface area contributed by atoms with Crippen molar-refractivity contribution >= 4 is 41.7 Å². The zero-order chi connectivity index (χ0) is 84.3. The number of aliphatic hydroxyl groups excluding tert-OH is 10. The van der Waals surface area contributed by atoms with Gasteiger partial charge in [-0.15, -0.1) is 10.1 Å². The molecule has 7 fully saturated rings. The van der Waals surface area contributed by atoms with Crippen LogP contribution in [0, 0.1) is 17.8 Å². The number of nitrogens with one attached hydrogen (secondary N) is 4. The van der Waals surface area contributed by atoms with Gasteiger partial charge in [0, 0.05) is 57.5 Å². The fourth-order valence-electron chi connectivity index (χ4n) is 14.9. The summed E-state index contributed by atoms with van der Waals surface area (Å²) in [6.07, 6.45) is -25.3. The molecule has 7 aliphatic rings. The van der Waals surface area contributed by atoms with Crippen molar-refractivity contribution in [2.24, 2.45) is 23.5 Å². The molecule has 115 heavy (non-hydrogen) atoms. The van der Waals surface area contributed by atoms with Crippen molar-refractivity contribution in [3.63, 3.8) is 0 Å². The number of alkyl carbamates (subject to hydrolysis) is 1. The van der Waals surface area contributed by atoms with E-state index in [1.165, 1.54) is 30.9 Å². The lowest BCUT2D eigenvalue weighted by atomic mass is 9.74. The lowest BCUT2D eigenvalue weighted by Crippen LogP contribution is -2.67. The highest BCUT2D eigenvalue weighted by Gasteiger charge is 2.55. The van der Waals surface area contributed by atoms with E-state index < -0.39 is 194 Å². The van der Waals surface area contributed by atoms with Gasteiger partial charge in [-0.3, -0.25) is 19.2 Å². The zero-order valence-electron chi connectivity index (χ0n) is 65.9. The number of carbonyl (C=O) groups is 7. The van der Waals surface area contributed by atoms with E-state index in [9.17, 15) is 94.8 Å². The van der Waals surface area contributed by atoms with Gasteiger partial charge < -0.3 is 145 Å². The average molecular weight is 1630 g/mol. The van der Waals surface area contributed by atoms with Crippen LogP contribution < -0.4 is 27.0 Å². The van der Waals surface area contributed by atoms with Crippen LogP contribution in [0.25, 0.3) is 0 Å². The van der Waals surface area contributed by atoms with Crippen LogP contribution in [0.3, 0.4) is 0 Å². The topological polar surface area (TPSA) is 548 Å². The second kappa shape index (κ2) is 43.1. The molecule has 2 saturated carbocycles. The third-order valence-corrected chi connectivity index (χ3v) is 21.5. The van der Waals surface area contributed by atoms with Crippen molar-refractivity contribution in [3.05, 3.63) is 108 Å². The highest BCUT2D eigenvalue weighted by Crippen LogP contribution is 2.41. The Morgan fingerprint density at radius 3 is 1.53 bits per heavy atom. The number of hydroxylamine groups is 4. The summed E-state index contributed by atoms with van der Waals surface area (Å²) < 4.78 is 52.0. The number of ketones is 1. The van der Waals surface area contributed by atoms with E-state index in [4.69, 9.17) is 58.0 Å². The van der Waals surface area contributed by atoms with Gasteiger partial charge in [-0.2, -0.15) is 0 Å². The second-order valence-corrected chi connectivity index (χ2v) is 30.4. The fourth-order valence-corrected chi connectivity index (χ4v) is 14.9. The fraction of sp³-hybridized carbons (Fsp3) is 0.675. The summed E-state index contributed by atoms with van der Waals surface area (Å²) in [6.45, 7) is 10.2. The van der Waals surface area contributed by atoms with Gasteiger partial charge in [-0.25, -0.2) is 14.4 Å². The molecule has 28 atom stereocenters. The van der Waals surface area contributed by atoms with Crippen LogP contribution in [0.5, 0.6) is 0 Å². The maximum absolute atomic E-state index is 13.5. The molecule has 5 aliphatic heterocycles. The van der Waals surface area contributed by atoms with Crippen LogP contribution in [-0.2, 0) is 73.3 Å².